The van der Waals surface area contributed by atoms with Crippen molar-refractivity contribution in [2.24, 2.45) is 0 Å². The highest BCUT2D eigenvalue weighted by atomic mass is 16.5. The second-order valence-electron chi connectivity index (χ2n) is 2.15. The van der Waals surface area contributed by atoms with E-state index in [4.69, 9.17) is 11.2 Å². The topological polar surface area (TPSA) is 22.1 Å². The molecular formula is C9H9NO. The zero-order valence-corrected chi connectivity index (χ0v) is 6.59. The molecule has 2 nitrogen and oxygen atoms in total. The monoisotopic (exact) mass is 147 g/mol. The highest BCUT2D eigenvalue weighted by Gasteiger charge is 1.99. The lowest BCUT2D eigenvalue weighted by Gasteiger charge is -2.01. The number of hydrogen-bond acceptors (Lipinski definition) is 2. The highest BCUT2D eigenvalue weighted by Crippen LogP contribution is 2.14. The Kier molecular flexibility index (Phi) is 2.12. The van der Waals surface area contributed by atoms with Gasteiger partial charge in [-0.25, -0.2) is 4.98 Å². The minimum Gasteiger partial charge on any atom is -0.494 e. The van der Waals surface area contributed by atoms with Crippen LogP contribution in [0.5, 0.6) is 5.75 Å². The molecule has 0 aromatic carbocycles. The van der Waals surface area contributed by atoms with Gasteiger partial charge in [0, 0.05) is 5.69 Å². The molecule has 0 unspecified atom stereocenters. The summed E-state index contributed by atoms with van der Waals surface area (Å²) in [5.74, 6) is 3.10. The zero-order chi connectivity index (χ0) is 8.27. The highest BCUT2D eigenvalue weighted by molar-refractivity contribution is 5.39. The Morgan fingerprint density at radius 2 is 2.27 bits per heavy atom. The Balaban J connectivity index is 3.19. The van der Waals surface area contributed by atoms with E-state index in [2.05, 4.69) is 10.9 Å². The Morgan fingerprint density at radius 3 is 2.82 bits per heavy atom. The van der Waals surface area contributed by atoms with Crippen LogP contribution in [0, 0.1) is 19.3 Å². The number of aromatic nitrogens is 1. The molecule has 0 spiro atoms. The van der Waals surface area contributed by atoms with Crippen molar-refractivity contribution < 1.29 is 4.74 Å². The van der Waals surface area contributed by atoms with Gasteiger partial charge in [-0.05, 0) is 25.0 Å². The van der Waals surface area contributed by atoms with Crippen LogP contribution >= 0.6 is 0 Å². The first-order chi connectivity index (χ1) is 5.27. The maximum atomic E-state index is 5.20. The Bertz CT molecular complexity index is 299. The van der Waals surface area contributed by atoms with Crippen molar-refractivity contribution in [3.8, 4) is 18.1 Å². The second kappa shape index (κ2) is 3.07. The summed E-state index contributed by atoms with van der Waals surface area (Å²) in [4.78, 5) is 4.10. The van der Waals surface area contributed by atoms with Gasteiger partial charge in [0.2, 0.25) is 0 Å². The molecule has 1 heterocycles. The van der Waals surface area contributed by atoms with Gasteiger partial charge in [0.1, 0.15) is 0 Å². The van der Waals surface area contributed by atoms with Crippen molar-refractivity contribution in [3.05, 3.63) is 23.5 Å². The standard InChI is InChI=1S/C9H9NO/c1-4-8-9(11-3)6-5-7(2)10-8/h1,5-6H,2-3H3. The lowest BCUT2D eigenvalue weighted by molar-refractivity contribution is 0.411. The molecule has 0 saturated heterocycles. The Labute approximate surface area is 66.2 Å². The molecule has 0 N–H and O–H groups in total. The van der Waals surface area contributed by atoms with Gasteiger partial charge in [-0.1, -0.05) is 0 Å². The number of nitrogens with zero attached hydrogens (tertiary/aromatic N) is 1. The Morgan fingerprint density at radius 1 is 1.55 bits per heavy atom. The van der Waals surface area contributed by atoms with Gasteiger partial charge in [0.05, 0.1) is 7.11 Å². The molecule has 0 radical (unpaired) electrons. The SMILES string of the molecule is C#Cc1nc(C)ccc1OC. The van der Waals surface area contributed by atoms with Gasteiger partial charge < -0.3 is 4.74 Å². The van der Waals surface area contributed by atoms with Crippen LogP contribution in [0.1, 0.15) is 11.4 Å². The summed E-state index contributed by atoms with van der Waals surface area (Å²) in [5, 5.41) is 0. The summed E-state index contributed by atoms with van der Waals surface area (Å²) in [7, 11) is 1.58. The molecule has 2 heteroatoms. The number of methoxy groups -OCH3 is 1. The predicted molar refractivity (Wildman–Crippen MR) is 43.5 cm³/mol. The van der Waals surface area contributed by atoms with Crippen LogP contribution < -0.4 is 4.74 Å². The molecule has 0 aliphatic carbocycles. The van der Waals surface area contributed by atoms with Gasteiger partial charge >= 0.3 is 0 Å². The fraction of sp³-hybridized carbons (Fsp3) is 0.222. The van der Waals surface area contributed by atoms with E-state index < -0.39 is 0 Å². The molecule has 56 valence electrons. The van der Waals surface area contributed by atoms with E-state index in [9.17, 15) is 0 Å². The first-order valence-electron chi connectivity index (χ1n) is 3.26. The van der Waals surface area contributed by atoms with Crippen molar-refractivity contribution in [3.63, 3.8) is 0 Å². The maximum absolute atomic E-state index is 5.20. The molecule has 1 rings (SSSR count). The molecule has 1 aromatic heterocycles. The van der Waals surface area contributed by atoms with E-state index in [1.54, 1.807) is 7.11 Å². The van der Waals surface area contributed by atoms with Crippen molar-refractivity contribution in [2.45, 2.75) is 6.92 Å². The molecule has 0 fully saturated rings. The van der Waals surface area contributed by atoms with E-state index in [1.807, 2.05) is 19.1 Å². The van der Waals surface area contributed by atoms with Crippen LogP contribution in [0.2, 0.25) is 0 Å². The Hall–Kier alpha value is -1.49. The van der Waals surface area contributed by atoms with Crippen molar-refractivity contribution in [1.82, 2.24) is 4.98 Å². The van der Waals surface area contributed by atoms with Crippen LogP contribution in [-0.2, 0) is 0 Å². The molecule has 0 bridgehead atoms. The fourth-order valence-electron chi connectivity index (χ4n) is 0.812. The molecule has 0 amide bonds. The lowest BCUT2D eigenvalue weighted by Crippen LogP contribution is -1.92. The average molecular weight is 147 g/mol. The van der Waals surface area contributed by atoms with Crippen molar-refractivity contribution in [1.29, 1.82) is 0 Å². The first-order valence-corrected chi connectivity index (χ1v) is 3.26. The molecule has 0 atom stereocenters. The number of rotatable bonds is 1. The van der Waals surface area contributed by atoms with Crippen LogP contribution in [0.15, 0.2) is 12.1 Å². The predicted octanol–water partition coefficient (Wildman–Crippen LogP) is 1.38. The maximum Gasteiger partial charge on any atom is 0.155 e. The summed E-state index contributed by atoms with van der Waals surface area (Å²) in [6.45, 7) is 1.89. The number of hydrogen-bond donors (Lipinski definition) is 0. The summed E-state index contributed by atoms with van der Waals surface area (Å²) < 4.78 is 4.99. The molecule has 0 saturated carbocycles. The third kappa shape index (κ3) is 1.50. The minimum absolute atomic E-state index is 0.563. The lowest BCUT2D eigenvalue weighted by atomic mass is 10.3. The summed E-state index contributed by atoms with van der Waals surface area (Å²) in [6.07, 6.45) is 5.20. The molecule has 1 aromatic rings. The third-order valence-corrected chi connectivity index (χ3v) is 1.35. The quantitative estimate of drug-likeness (QED) is 0.560. The first kappa shape index (κ1) is 7.62. The van der Waals surface area contributed by atoms with E-state index in [0.717, 1.165) is 5.69 Å². The number of aryl methyl sites for hydroxylation is 1. The second-order valence-corrected chi connectivity index (χ2v) is 2.15. The van der Waals surface area contributed by atoms with Gasteiger partial charge in [0.15, 0.2) is 11.4 Å². The fourth-order valence-corrected chi connectivity index (χ4v) is 0.812. The van der Waals surface area contributed by atoms with Crippen LogP contribution in [0.3, 0.4) is 0 Å². The van der Waals surface area contributed by atoms with Gasteiger partial charge in [-0.3, -0.25) is 0 Å². The van der Waals surface area contributed by atoms with E-state index in [0.29, 0.717) is 11.4 Å². The molecule has 11 heavy (non-hydrogen) atoms. The summed E-state index contributed by atoms with van der Waals surface area (Å²) >= 11 is 0. The normalized spacial score (nSPS) is 8.82. The van der Waals surface area contributed by atoms with Crippen LogP contribution in [0.4, 0.5) is 0 Å². The van der Waals surface area contributed by atoms with Crippen molar-refractivity contribution in [2.75, 3.05) is 7.11 Å². The summed E-state index contributed by atoms with van der Waals surface area (Å²) in [5.41, 5.74) is 1.46. The van der Waals surface area contributed by atoms with E-state index in [-0.39, 0.29) is 0 Å². The zero-order valence-electron chi connectivity index (χ0n) is 6.59. The van der Waals surface area contributed by atoms with Crippen LogP contribution in [-0.4, -0.2) is 12.1 Å². The average Bonchev–Trinajstić information content (AvgIpc) is 2.04. The van der Waals surface area contributed by atoms with Gasteiger partial charge in [0.25, 0.3) is 0 Å². The number of terminal acetylenes is 1. The molecule has 0 aliphatic rings. The minimum atomic E-state index is 0.563. The largest absolute Gasteiger partial charge is 0.494 e. The van der Waals surface area contributed by atoms with Gasteiger partial charge in [-0.2, -0.15) is 0 Å². The molecule has 0 aliphatic heterocycles. The molecular weight excluding hydrogens is 138 g/mol. The van der Waals surface area contributed by atoms with Gasteiger partial charge in [-0.15, -0.1) is 6.42 Å². The van der Waals surface area contributed by atoms with E-state index >= 15 is 0 Å². The smallest absolute Gasteiger partial charge is 0.155 e. The number of pyridine rings is 1. The van der Waals surface area contributed by atoms with Crippen molar-refractivity contribution >= 4 is 0 Å². The third-order valence-electron chi connectivity index (χ3n) is 1.35. The van der Waals surface area contributed by atoms with E-state index in [1.165, 1.54) is 0 Å². The van der Waals surface area contributed by atoms with Crippen LogP contribution in [0.25, 0.3) is 0 Å². The summed E-state index contributed by atoms with van der Waals surface area (Å²) in [6, 6.07) is 3.68. The number of ether oxygens (including phenoxy) is 1.